The van der Waals surface area contributed by atoms with E-state index in [4.69, 9.17) is 23.2 Å². The molecule has 1 aliphatic rings. The number of benzene rings is 2. The highest BCUT2D eigenvalue weighted by molar-refractivity contribution is 6.35. The summed E-state index contributed by atoms with van der Waals surface area (Å²) in [4.78, 5) is 50.1. The summed E-state index contributed by atoms with van der Waals surface area (Å²) >= 11 is 12.7. The number of Topliss-reactive ketones (excluding diaryl/α,β-unsaturated/α-hetero) is 1. The van der Waals surface area contributed by atoms with Crippen molar-refractivity contribution in [2.24, 2.45) is 0 Å². The fraction of sp³-hybridized carbons (Fsp3) is 0.138. The summed E-state index contributed by atoms with van der Waals surface area (Å²) in [7, 11) is 0. The van der Waals surface area contributed by atoms with Crippen LogP contribution in [0.25, 0.3) is 0 Å². The van der Waals surface area contributed by atoms with Gasteiger partial charge in [-0.15, -0.1) is 0 Å². The van der Waals surface area contributed by atoms with Gasteiger partial charge in [-0.2, -0.15) is 0 Å². The number of amides is 1. The molecule has 0 fully saturated rings. The third-order valence-corrected chi connectivity index (χ3v) is 6.88. The fourth-order valence-corrected chi connectivity index (χ4v) is 4.97. The molecule has 1 atom stereocenters. The Balaban J connectivity index is 1.49. The van der Waals surface area contributed by atoms with E-state index in [2.05, 4.69) is 9.97 Å². The number of pyridine rings is 2. The highest BCUT2D eigenvalue weighted by atomic mass is 35.5. The van der Waals surface area contributed by atoms with Crippen molar-refractivity contribution >= 4 is 40.7 Å². The summed E-state index contributed by atoms with van der Waals surface area (Å²) in [6, 6.07) is 19.8. The van der Waals surface area contributed by atoms with Crippen molar-refractivity contribution in [2.75, 3.05) is 0 Å². The summed E-state index contributed by atoms with van der Waals surface area (Å²) in [5.41, 5.74) is 3.03. The number of hydrogen-bond donors (Lipinski definition) is 0. The van der Waals surface area contributed by atoms with E-state index >= 15 is 0 Å². The minimum atomic E-state index is -0.734. The second-order valence-electron chi connectivity index (χ2n) is 8.78. The Morgan fingerprint density at radius 3 is 2.41 bits per heavy atom. The molecule has 0 unspecified atom stereocenters. The third kappa shape index (κ3) is 5.31. The molecule has 0 spiro atoms. The van der Waals surface area contributed by atoms with Crippen LogP contribution in [0.4, 0.5) is 0 Å². The zero-order valence-electron chi connectivity index (χ0n) is 19.6. The Hall–Kier alpha value is -3.87. The van der Waals surface area contributed by atoms with E-state index in [1.54, 1.807) is 78.0 Å². The lowest BCUT2D eigenvalue weighted by Gasteiger charge is -2.29. The largest absolute Gasteiger partial charge is 0.324 e. The van der Waals surface area contributed by atoms with E-state index in [-0.39, 0.29) is 47.6 Å². The average molecular weight is 530 g/mol. The van der Waals surface area contributed by atoms with E-state index in [1.807, 2.05) is 12.1 Å². The molecule has 0 saturated carbocycles. The average Bonchev–Trinajstić information content (AvgIpc) is 2.99. The Morgan fingerprint density at radius 2 is 1.70 bits per heavy atom. The first-order valence-corrected chi connectivity index (χ1v) is 12.4. The highest BCUT2D eigenvalue weighted by Gasteiger charge is 2.36. The molecule has 0 bridgehead atoms. The van der Waals surface area contributed by atoms with Crippen molar-refractivity contribution < 1.29 is 14.4 Å². The van der Waals surface area contributed by atoms with Crippen LogP contribution in [-0.2, 0) is 24.2 Å². The molecule has 5 rings (SSSR count). The monoisotopic (exact) mass is 529 g/mol. The van der Waals surface area contributed by atoms with Crippen LogP contribution in [0, 0.1) is 0 Å². The molecule has 0 radical (unpaired) electrons. The summed E-state index contributed by atoms with van der Waals surface area (Å²) in [5.74, 6) is -0.673. The highest BCUT2D eigenvalue weighted by Crippen LogP contribution is 2.28. The van der Waals surface area contributed by atoms with Crippen molar-refractivity contribution in [2.45, 2.75) is 25.4 Å². The first-order chi connectivity index (χ1) is 17.9. The maximum atomic E-state index is 13.8. The van der Waals surface area contributed by atoms with E-state index in [0.717, 1.165) is 0 Å². The minimum absolute atomic E-state index is 0.0912. The number of halogens is 2. The number of carbonyl (C=O) groups excluding carboxylic acids is 3. The van der Waals surface area contributed by atoms with Gasteiger partial charge < -0.3 is 4.90 Å². The molecule has 0 N–H and O–H groups in total. The summed E-state index contributed by atoms with van der Waals surface area (Å²) in [5, 5.41) is 0.712. The molecule has 1 aliphatic heterocycles. The Morgan fingerprint density at radius 1 is 0.919 bits per heavy atom. The predicted molar refractivity (Wildman–Crippen MR) is 141 cm³/mol. The molecule has 4 aromatic rings. The summed E-state index contributed by atoms with van der Waals surface area (Å²) < 4.78 is 0. The molecule has 2 aromatic heterocycles. The smallest absolute Gasteiger partial charge is 0.255 e. The second kappa shape index (κ2) is 10.6. The van der Waals surface area contributed by atoms with Crippen molar-refractivity contribution in [3.8, 4) is 0 Å². The maximum absolute atomic E-state index is 13.8. The molecule has 8 heteroatoms. The zero-order valence-corrected chi connectivity index (χ0v) is 21.1. The van der Waals surface area contributed by atoms with Crippen LogP contribution in [0.15, 0.2) is 85.2 Å². The van der Waals surface area contributed by atoms with Gasteiger partial charge in [-0.25, -0.2) is 0 Å². The predicted octanol–water partition coefficient (Wildman–Crippen LogP) is 5.39. The lowest BCUT2D eigenvalue weighted by atomic mass is 9.99. The Labute approximate surface area is 223 Å². The number of aromatic nitrogens is 2. The number of ketones is 2. The van der Waals surface area contributed by atoms with E-state index in [1.165, 1.54) is 0 Å². The van der Waals surface area contributed by atoms with Crippen molar-refractivity contribution in [1.82, 2.24) is 14.9 Å². The van der Waals surface area contributed by atoms with Crippen molar-refractivity contribution in [1.29, 1.82) is 0 Å². The lowest BCUT2D eigenvalue weighted by Crippen LogP contribution is -2.45. The van der Waals surface area contributed by atoms with Gasteiger partial charge >= 0.3 is 0 Å². The van der Waals surface area contributed by atoms with E-state index in [9.17, 15) is 14.4 Å². The molecule has 37 heavy (non-hydrogen) atoms. The van der Waals surface area contributed by atoms with Crippen molar-refractivity contribution in [3.63, 3.8) is 0 Å². The van der Waals surface area contributed by atoms with E-state index < -0.39 is 6.04 Å². The van der Waals surface area contributed by atoms with Crippen LogP contribution in [0.3, 0.4) is 0 Å². The molecule has 184 valence electrons. The third-order valence-electron chi connectivity index (χ3n) is 6.33. The minimum Gasteiger partial charge on any atom is -0.324 e. The number of rotatable bonds is 6. The molecule has 3 heterocycles. The fourth-order valence-electron chi connectivity index (χ4n) is 4.49. The van der Waals surface area contributed by atoms with Gasteiger partial charge in [0.25, 0.3) is 5.91 Å². The van der Waals surface area contributed by atoms with Gasteiger partial charge in [0.15, 0.2) is 5.78 Å². The van der Waals surface area contributed by atoms with Crippen LogP contribution in [0.1, 0.15) is 43.2 Å². The quantitative estimate of drug-likeness (QED) is 0.312. The normalized spacial score (nSPS) is 15.3. The van der Waals surface area contributed by atoms with Gasteiger partial charge in [0, 0.05) is 53.6 Å². The van der Waals surface area contributed by atoms with Gasteiger partial charge in [0.1, 0.15) is 5.69 Å². The first-order valence-electron chi connectivity index (χ1n) is 11.7. The summed E-state index contributed by atoms with van der Waals surface area (Å²) in [6.07, 6.45) is 3.57. The van der Waals surface area contributed by atoms with Crippen LogP contribution >= 0.6 is 23.2 Å². The van der Waals surface area contributed by atoms with Crippen LogP contribution in [0.2, 0.25) is 10.0 Å². The number of hydrogen-bond acceptors (Lipinski definition) is 5. The Kier molecular flexibility index (Phi) is 7.12. The van der Waals surface area contributed by atoms with Gasteiger partial charge in [-0.3, -0.25) is 24.4 Å². The molecule has 1 amide bonds. The standard InChI is InChI=1S/C29H21Cl2N3O3/c30-20-8-10-22-19(14-20)15-27(35)26(16-21-5-1-3-11-32-21)34(29(22)37)17-18-7-9-23(24(31)13-18)28(36)25-6-2-4-12-33-25/h1-14,26H,15-17H2/t26-/m1/s1. The maximum Gasteiger partial charge on any atom is 0.255 e. The number of nitrogens with zero attached hydrogens (tertiary/aromatic N) is 3. The Bertz CT molecular complexity index is 1490. The molecule has 6 nitrogen and oxygen atoms in total. The molecule has 0 aliphatic carbocycles. The van der Waals surface area contributed by atoms with Gasteiger partial charge in [-0.05, 0) is 65.7 Å². The molecule has 2 aromatic carbocycles. The van der Waals surface area contributed by atoms with Gasteiger partial charge in [0.05, 0.1) is 11.1 Å². The lowest BCUT2D eigenvalue weighted by molar-refractivity contribution is -0.122. The topological polar surface area (TPSA) is 80.2 Å². The molecular weight excluding hydrogens is 509 g/mol. The second-order valence-corrected chi connectivity index (χ2v) is 9.62. The summed E-state index contributed by atoms with van der Waals surface area (Å²) in [6.45, 7) is 0.127. The van der Waals surface area contributed by atoms with Crippen LogP contribution in [0.5, 0.6) is 0 Å². The van der Waals surface area contributed by atoms with Gasteiger partial charge in [-0.1, -0.05) is 41.4 Å². The number of fused-ring (bicyclic) bond motifs is 1. The van der Waals surface area contributed by atoms with Crippen molar-refractivity contribution in [3.05, 3.63) is 129 Å². The zero-order chi connectivity index (χ0) is 25.9. The van der Waals surface area contributed by atoms with Gasteiger partial charge in [0.2, 0.25) is 5.78 Å². The first kappa shape index (κ1) is 24.8. The van der Waals surface area contributed by atoms with Crippen LogP contribution < -0.4 is 0 Å². The SMILES string of the molecule is O=C(c1ccccn1)c1ccc(CN2C(=O)c3ccc(Cl)cc3CC(=O)[C@H]2Cc2ccccn2)cc1Cl. The molecular formula is C29H21Cl2N3O3. The number of carbonyl (C=O) groups is 3. The molecule has 0 saturated heterocycles. The van der Waals surface area contributed by atoms with Crippen LogP contribution in [-0.4, -0.2) is 38.4 Å². The van der Waals surface area contributed by atoms with E-state index in [0.29, 0.717) is 33.0 Å².